The fraction of sp³-hybridized carbons (Fsp3) is 0.533. The first-order chi connectivity index (χ1) is 10.2. The first-order valence-electron chi connectivity index (χ1n) is 7.32. The van der Waals surface area contributed by atoms with E-state index in [4.69, 9.17) is 4.74 Å². The van der Waals surface area contributed by atoms with E-state index in [2.05, 4.69) is 21.5 Å². The standard InChI is InChI=1S/C15H20N4O2/c1-10-7-13-16-9-17-19(13)14(8-10)18-12-5-3-11(4-6-12)15(20)21-2/h7-9,11-12,18H,3-6H2,1-2H3. The lowest BCUT2D eigenvalue weighted by atomic mass is 9.86. The molecule has 1 N–H and O–H groups in total. The summed E-state index contributed by atoms with van der Waals surface area (Å²) in [6.07, 6.45) is 5.23. The topological polar surface area (TPSA) is 68.5 Å². The maximum Gasteiger partial charge on any atom is 0.308 e. The Morgan fingerprint density at radius 1 is 1.33 bits per heavy atom. The van der Waals surface area contributed by atoms with Crippen molar-refractivity contribution < 1.29 is 9.53 Å². The highest BCUT2D eigenvalue weighted by Gasteiger charge is 2.27. The van der Waals surface area contributed by atoms with Gasteiger partial charge in [0.05, 0.1) is 13.0 Å². The average molecular weight is 288 g/mol. The van der Waals surface area contributed by atoms with E-state index in [1.165, 1.54) is 7.11 Å². The van der Waals surface area contributed by atoms with Crippen LogP contribution in [0, 0.1) is 12.8 Å². The number of anilines is 1. The highest BCUT2D eigenvalue weighted by Crippen LogP contribution is 2.27. The minimum absolute atomic E-state index is 0.0527. The number of nitrogens with one attached hydrogen (secondary N) is 1. The fourth-order valence-electron chi connectivity index (χ4n) is 3.01. The smallest absolute Gasteiger partial charge is 0.308 e. The molecule has 21 heavy (non-hydrogen) atoms. The van der Waals surface area contributed by atoms with Gasteiger partial charge >= 0.3 is 5.97 Å². The Kier molecular flexibility index (Phi) is 3.77. The van der Waals surface area contributed by atoms with E-state index in [9.17, 15) is 4.79 Å². The second-order valence-corrected chi connectivity index (χ2v) is 5.66. The SMILES string of the molecule is COC(=O)C1CCC(Nc2cc(C)cc3ncnn23)CC1. The number of hydrogen-bond donors (Lipinski definition) is 1. The number of aryl methyl sites for hydroxylation is 1. The van der Waals surface area contributed by atoms with Gasteiger partial charge < -0.3 is 10.1 Å². The Hall–Kier alpha value is -2.11. The van der Waals surface area contributed by atoms with Crippen LogP contribution in [0.2, 0.25) is 0 Å². The lowest BCUT2D eigenvalue weighted by Gasteiger charge is -2.28. The van der Waals surface area contributed by atoms with Gasteiger partial charge in [-0.15, -0.1) is 0 Å². The van der Waals surface area contributed by atoms with E-state index in [0.29, 0.717) is 6.04 Å². The fourth-order valence-corrected chi connectivity index (χ4v) is 3.01. The van der Waals surface area contributed by atoms with Crippen molar-refractivity contribution in [2.75, 3.05) is 12.4 Å². The van der Waals surface area contributed by atoms with Crippen LogP contribution >= 0.6 is 0 Å². The zero-order valence-electron chi connectivity index (χ0n) is 12.4. The molecule has 1 aliphatic carbocycles. The highest BCUT2D eigenvalue weighted by atomic mass is 16.5. The molecule has 1 saturated carbocycles. The maximum absolute atomic E-state index is 11.6. The van der Waals surface area contributed by atoms with Crippen LogP contribution in [0.1, 0.15) is 31.2 Å². The van der Waals surface area contributed by atoms with Crippen LogP contribution < -0.4 is 5.32 Å². The summed E-state index contributed by atoms with van der Waals surface area (Å²) in [5.74, 6) is 0.934. The van der Waals surface area contributed by atoms with Crippen molar-refractivity contribution in [2.24, 2.45) is 5.92 Å². The van der Waals surface area contributed by atoms with Crippen LogP contribution in [0.4, 0.5) is 5.82 Å². The van der Waals surface area contributed by atoms with E-state index >= 15 is 0 Å². The number of methoxy groups -OCH3 is 1. The molecular weight excluding hydrogens is 268 g/mol. The monoisotopic (exact) mass is 288 g/mol. The predicted octanol–water partition coefficient (Wildman–Crippen LogP) is 2.18. The van der Waals surface area contributed by atoms with E-state index in [0.717, 1.165) is 42.7 Å². The van der Waals surface area contributed by atoms with Crippen molar-refractivity contribution >= 4 is 17.4 Å². The molecule has 0 spiro atoms. The maximum atomic E-state index is 11.6. The number of hydrogen-bond acceptors (Lipinski definition) is 5. The molecule has 0 aromatic carbocycles. The highest BCUT2D eigenvalue weighted by molar-refractivity contribution is 5.72. The summed E-state index contributed by atoms with van der Waals surface area (Å²) in [6.45, 7) is 2.05. The number of rotatable bonds is 3. The molecule has 0 atom stereocenters. The summed E-state index contributed by atoms with van der Waals surface area (Å²) in [5, 5.41) is 7.79. The second kappa shape index (κ2) is 5.71. The van der Waals surface area contributed by atoms with Crippen LogP contribution in [0.5, 0.6) is 0 Å². The zero-order chi connectivity index (χ0) is 14.8. The van der Waals surface area contributed by atoms with Crippen LogP contribution in [0.25, 0.3) is 5.65 Å². The molecule has 3 rings (SSSR count). The van der Waals surface area contributed by atoms with Crippen molar-refractivity contribution in [2.45, 2.75) is 38.6 Å². The Labute approximate surface area is 123 Å². The van der Waals surface area contributed by atoms with Crippen LogP contribution in [0.15, 0.2) is 18.5 Å². The van der Waals surface area contributed by atoms with Crippen molar-refractivity contribution in [1.29, 1.82) is 0 Å². The normalized spacial score (nSPS) is 22.2. The number of fused-ring (bicyclic) bond motifs is 1. The molecule has 1 fully saturated rings. The lowest BCUT2D eigenvalue weighted by molar-refractivity contribution is -0.146. The largest absolute Gasteiger partial charge is 0.469 e. The number of carbonyl (C=O) groups is 1. The van der Waals surface area contributed by atoms with E-state index in [-0.39, 0.29) is 11.9 Å². The van der Waals surface area contributed by atoms with Gasteiger partial charge in [-0.05, 0) is 50.3 Å². The van der Waals surface area contributed by atoms with Gasteiger partial charge in [-0.3, -0.25) is 4.79 Å². The van der Waals surface area contributed by atoms with Crippen molar-refractivity contribution in [3.63, 3.8) is 0 Å². The summed E-state index contributed by atoms with van der Waals surface area (Å²) in [4.78, 5) is 15.8. The minimum Gasteiger partial charge on any atom is -0.469 e. The van der Waals surface area contributed by atoms with Crippen molar-refractivity contribution in [3.8, 4) is 0 Å². The number of esters is 1. The molecule has 2 aromatic heterocycles. The van der Waals surface area contributed by atoms with Gasteiger partial charge in [0.1, 0.15) is 12.1 Å². The molecule has 0 amide bonds. The van der Waals surface area contributed by atoms with Crippen molar-refractivity contribution in [1.82, 2.24) is 14.6 Å². The van der Waals surface area contributed by atoms with Gasteiger partial charge in [0.2, 0.25) is 0 Å². The Balaban J connectivity index is 1.70. The van der Waals surface area contributed by atoms with E-state index < -0.39 is 0 Å². The minimum atomic E-state index is -0.0809. The molecular formula is C15H20N4O2. The molecule has 0 radical (unpaired) electrons. The number of carbonyl (C=O) groups excluding carboxylic acids is 1. The lowest BCUT2D eigenvalue weighted by Crippen LogP contribution is -2.30. The summed E-state index contributed by atoms with van der Waals surface area (Å²) >= 11 is 0. The molecule has 6 nitrogen and oxygen atoms in total. The quantitative estimate of drug-likeness (QED) is 0.877. The molecule has 0 aliphatic heterocycles. The average Bonchev–Trinajstić information content (AvgIpc) is 2.95. The molecule has 0 saturated heterocycles. The molecule has 2 aromatic rings. The first-order valence-corrected chi connectivity index (χ1v) is 7.32. The number of aromatic nitrogens is 3. The van der Waals surface area contributed by atoms with Crippen molar-refractivity contribution in [3.05, 3.63) is 24.0 Å². The molecule has 112 valence electrons. The second-order valence-electron chi connectivity index (χ2n) is 5.66. The van der Waals surface area contributed by atoms with Gasteiger partial charge in [-0.25, -0.2) is 4.98 Å². The van der Waals surface area contributed by atoms with Gasteiger partial charge in [0, 0.05) is 6.04 Å². The summed E-state index contributed by atoms with van der Waals surface area (Å²) in [6, 6.07) is 4.44. The molecule has 1 aliphatic rings. The Bertz CT molecular complexity index is 644. The van der Waals surface area contributed by atoms with E-state index in [1.807, 2.05) is 17.5 Å². The van der Waals surface area contributed by atoms with Crippen LogP contribution in [0.3, 0.4) is 0 Å². The number of ether oxygens (including phenoxy) is 1. The molecule has 2 heterocycles. The van der Waals surface area contributed by atoms with Gasteiger partial charge in [0.15, 0.2) is 5.65 Å². The van der Waals surface area contributed by atoms with Gasteiger partial charge in [0.25, 0.3) is 0 Å². The Morgan fingerprint density at radius 2 is 2.10 bits per heavy atom. The molecule has 0 unspecified atom stereocenters. The first kappa shape index (κ1) is 13.9. The third-order valence-corrected chi connectivity index (χ3v) is 4.14. The third-order valence-electron chi connectivity index (χ3n) is 4.14. The van der Waals surface area contributed by atoms with Gasteiger partial charge in [-0.2, -0.15) is 9.61 Å². The van der Waals surface area contributed by atoms with Crippen LogP contribution in [-0.2, 0) is 9.53 Å². The van der Waals surface area contributed by atoms with E-state index in [1.54, 1.807) is 6.33 Å². The third kappa shape index (κ3) is 2.84. The number of pyridine rings is 1. The van der Waals surface area contributed by atoms with Gasteiger partial charge in [-0.1, -0.05) is 0 Å². The Morgan fingerprint density at radius 3 is 2.81 bits per heavy atom. The van der Waals surface area contributed by atoms with Crippen LogP contribution in [-0.4, -0.2) is 33.7 Å². The predicted molar refractivity (Wildman–Crippen MR) is 79.1 cm³/mol. The summed E-state index contributed by atoms with van der Waals surface area (Å²) in [7, 11) is 1.46. The summed E-state index contributed by atoms with van der Waals surface area (Å²) < 4.78 is 6.64. The molecule has 6 heteroatoms. The number of nitrogens with zero attached hydrogens (tertiary/aromatic N) is 3. The summed E-state index contributed by atoms with van der Waals surface area (Å²) in [5.41, 5.74) is 2.00. The molecule has 0 bridgehead atoms. The zero-order valence-corrected chi connectivity index (χ0v) is 12.4.